The molecule has 0 aliphatic carbocycles. The summed E-state index contributed by atoms with van der Waals surface area (Å²) in [6.07, 6.45) is 0.0305. The highest BCUT2D eigenvalue weighted by Crippen LogP contribution is 2.29. The van der Waals surface area contributed by atoms with Crippen molar-refractivity contribution in [1.82, 2.24) is 14.8 Å². The molecule has 1 N–H and O–H groups in total. The molecule has 0 aliphatic heterocycles. The lowest BCUT2D eigenvalue weighted by Crippen LogP contribution is -2.25. The Morgan fingerprint density at radius 1 is 1.13 bits per heavy atom. The highest BCUT2D eigenvalue weighted by Gasteiger charge is 2.20. The maximum atomic E-state index is 12.7. The highest BCUT2D eigenvalue weighted by atomic mass is 35.5. The fourth-order valence-corrected chi connectivity index (χ4v) is 3.30. The quantitative estimate of drug-likeness (QED) is 0.617. The first-order valence-electron chi connectivity index (χ1n) is 8.99. The number of anilines is 2. The third-order valence-electron chi connectivity index (χ3n) is 4.30. The number of ether oxygens (including phenoxy) is 1. The van der Waals surface area contributed by atoms with Gasteiger partial charge >= 0.3 is 6.09 Å². The summed E-state index contributed by atoms with van der Waals surface area (Å²) in [5.74, 6) is 0.0458. The molecule has 0 radical (unpaired) electrons. The van der Waals surface area contributed by atoms with Crippen LogP contribution < -0.4 is 10.2 Å². The summed E-state index contributed by atoms with van der Waals surface area (Å²) < 4.78 is 6.16. The van der Waals surface area contributed by atoms with Crippen LogP contribution in [0.2, 0.25) is 10.0 Å². The third-order valence-corrected chi connectivity index (χ3v) is 4.91. The Morgan fingerprint density at radius 2 is 1.77 bits per heavy atom. The average Bonchev–Trinajstić information content (AvgIpc) is 3.17. The number of halogens is 2. The van der Waals surface area contributed by atoms with Gasteiger partial charge in [0.05, 0.1) is 17.2 Å². The van der Waals surface area contributed by atoms with E-state index in [9.17, 15) is 9.59 Å². The molecule has 0 fully saturated rings. The number of amides is 2. The van der Waals surface area contributed by atoms with Gasteiger partial charge in [0.2, 0.25) is 5.82 Å². The summed E-state index contributed by atoms with van der Waals surface area (Å²) >= 11 is 12.5. The third kappa shape index (κ3) is 4.39. The number of carbonyl (C=O) groups excluding carboxylic acids is 2. The molecule has 0 spiro atoms. The van der Waals surface area contributed by atoms with Gasteiger partial charge in [-0.05, 0) is 36.4 Å². The number of benzene rings is 2. The number of aromatic nitrogens is 3. The van der Waals surface area contributed by atoms with Crippen LogP contribution in [0.25, 0.3) is 5.69 Å². The Kier molecular flexibility index (Phi) is 6.59. The molecule has 3 aromatic rings. The van der Waals surface area contributed by atoms with E-state index in [1.165, 1.54) is 16.7 Å². The number of rotatable bonds is 5. The zero-order chi connectivity index (χ0) is 21.8. The van der Waals surface area contributed by atoms with Gasteiger partial charge in [0.25, 0.3) is 5.91 Å². The molecule has 8 nitrogen and oxygen atoms in total. The molecule has 0 saturated carbocycles. The number of aryl methyl sites for hydroxylation is 1. The summed E-state index contributed by atoms with van der Waals surface area (Å²) in [4.78, 5) is 29.9. The van der Waals surface area contributed by atoms with Gasteiger partial charge in [0.15, 0.2) is 0 Å². The van der Waals surface area contributed by atoms with Gasteiger partial charge in [0.1, 0.15) is 11.5 Å². The monoisotopic (exact) mass is 447 g/mol. The van der Waals surface area contributed by atoms with Crippen LogP contribution >= 0.6 is 23.2 Å². The molecule has 0 unspecified atom stereocenters. The Hall–Kier alpha value is -3.10. The number of hydrogen-bond donors (Lipinski definition) is 1. The van der Waals surface area contributed by atoms with Crippen LogP contribution in [-0.2, 0) is 11.2 Å². The lowest BCUT2D eigenvalue weighted by atomic mass is 10.2. The number of carbonyl (C=O) groups is 2. The normalized spacial score (nSPS) is 10.6. The van der Waals surface area contributed by atoms with E-state index in [2.05, 4.69) is 20.1 Å². The van der Waals surface area contributed by atoms with Gasteiger partial charge in [0, 0.05) is 24.8 Å². The Labute approximate surface area is 183 Å². The summed E-state index contributed by atoms with van der Waals surface area (Å²) in [6, 6.07) is 11.8. The van der Waals surface area contributed by atoms with E-state index in [0.717, 1.165) is 0 Å². The van der Waals surface area contributed by atoms with Gasteiger partial charge in [-0.3, -0.25) is 9.69 Å². The fraction of sp³-hybridized carbons (Fsp3) is 0.200. The molecule has 0 aliphatic rings. The minimum Gasteiger partial charge on any atom is -0.452 e. The molecule has 30 heavy (non-hydrogen) atoms. The number of hydrogen-bond acceptors (Lipinski definition) is 5. The van der Waals surface area contributed by atoms with E-state index >= 15 is 0 Å². The van der Waals surface area contributed by atoms with Gasteiger partial charge < -0.3 is 10.1 Å². The standard InChI is InChI=1S/C20H19Cl2N5O3/c1-4-16-24-18(25-27(16)17-14(21)6-5-7-15(17)22)19(28)23-12-8-10-13(11-9-12)26(2)20(29)30-3/h5-11H,4H2,1-3H3,(H,23,28). The number of para-hydroxylation sites is 1. The topological polar surface area (TPSA) is 89.3 Å². The molecular weight excluding hydrogens is 429 g/mol. The Bertz CT molecular complexity index is 1060. The van der Waals surface area contributed by atoms with Crippen LogP contribution in [0.1, 0.15) is 23.4 Å². The number of nitrogens with one attached hydrogen (secondary N) is 1. The van der Waals surface area contributed by atoms with Crippen LogP contribution in [0, 0.1) is 0 Å². The first-order chi connectivity index (χ1) is 14.3. The van der Waals surface area contributed by atoms with Crippen LogP contribution in [0.15, 0.2) is 42.5 Å². The zero-order valence-corrected chi connectivity index (χ0v) is 18.0. The SMILES string of the molecule is CCc1nc(C(=O)Nc2ccc(N(C)C(=O)OC)cc2)nn1-c1c(Cl)cccc1Cl. The van der Waals surface area contributed by atoms with Crippen molar-refractivity contribution in [2.45, 2.75) is 13.3 Å². The first-order valence-corrected chi connectivity index (χ1v) is 9.74. The molecule has 156 valence electrons. The van der Waals surface area contributed by atoms with Gasteiger partial charge in [-0.15, -0.1) is 5.10 Å². The molecule has 0 saturated heterocycles. The molecule has 3 rings (SSSR count). The van der Waals surface area contributed by atoms with Crippen molar-refractivity contribution < 1.29 is 14.3 Å². The van der Waals surface area contributed by atoms with Crippen molar-refractivity contribution in [1.29, 1.82) is 0 Å². The Morgan fingerprint density at radius 3 is 2.33 bits per heavy atom. The Balaban J connectivity index is 1.83. The summed E-state index contributed by atoms with van der Waals surface area (Å²) in [5.41, 5.74) is 1.61. The van der Waals surface area contributed by atoms with Crippen molar-refractivity contribution >= 4 is 46.6 Å². The molecular formula is C20H19Cl2N5O3. The van der Waals surface area contributed by atoms with Crippen molar-refractivity contribution in [2.75, 3.05) is 24.4 Å². The van der Waals surface area contributed by atoms with E-state index in [1.807, 2.05) is 6.92 Å². The van der Waals surface area contributed by atoms with Crippen molar-refractivity contribution in [2.24, 2.45) is 0 Å². The van der Waals surface area contributed by atoms with Gasteiger partial charge in [-0.2, -0.15) is 0 Å². The van der Waals surface area contributed by atoms with E-state index < -0.39 is 12.0 Å². The molecule has 2 amide bonds. The van der Waals surface area contributed by atoms with Crippen LogP contribution in [0.5, 0.6) is 0 Å². The van der Waals surface area contributed by atoms with Crippen LogP contribution in [0.4, 0.5) is 16.2 Å². The molecule has 2 aromatic carbocycles. The fourth-order valence-electron chi connectivity index (χ4n) is 2.74. The largest absolute Gasteiger partial charge is 0.452 e. The van der Waals surface area contributed by atoms with E-state index in [-0.39, 0.29) is 5.82 Å². The van der Waals surface area contributed by atoms with E-state index in [4.69, 9.17) is 23.2 Å². The lowest BCUT2D eigenvalue weighted by molar-refractivity contribution is 0.101. The van der Waals surface area contributed by atoms with E-state index in [0.29, 0.717) is 39.4 Å². The lowest BCUT2D eigenvalue weighted by Gasteiger charge is -2.15. The van der Waals surface area contributed by atoms with Gasteiger partial charge in [-0.1, -0.05) is 36.2 Å². The smallest absolute Gasteiger partial charge is 0.413 e. The second-order valence-corrected chi connectivity index (χ2v) is 7.03. The highest BCUT2D eigenvalue weighted by molar-refractivity contribution is 6.37. The number of methoxy groups -OCH3 is 1. The second-order valence-electron chi connectivity index (χ2n) is 6.22. The van der Waals surface area contributed by atoms with Crippen LogP contribution in [0.3, 0.4) is 0 Å². The van der Waals surface area contributed by atoms with Crippen LogP contribution in [-0.4, -0.2) is 40.9 Å². The average molecular weight is 448 g/mol. The number of nitrogens with zero attached hydrogens (tertiary/aromatic N) is 4. The summed E-state index contributed by atoms with van der Waals surface area (Å²) in [6.45, 7) is 1.89. The minimum absolute atomic E-state index is 0.0152. The summed E-state index contributed by atoms with van der Waals surface area (Å²) in [7, 11) is 2.89. The molecule has 1 aromatic heterocycles. The first kappa shape index (κ1) is 21.6. The predicted octanol–water partition coefficient (Wildman–Crippen LogP) is 4.59. The van der Waals surface area contributed by atoms with Crippen molar-refractivity contribution in [3.8, 4) is 5.69 Å². The molecule has 1 heterocycles. The van der Waals surface area contributed by atoms with Gasteiger partial charge in [-0.25, -0.2) is 14.5 Å². The maximum Gasteiger partial charge on any atom is 0.413 e. The van der Waals surface area contributed by atoms with Crippen molar-refractivity contribution in [3.63, 3.8) is 0 Å². The maximum absolute atomic E-state index is 12.7. The molecule has 0 bridgehead atoms. The summed E-state index contributed by atoms with van der Waals surface area (Å²) in [5, 5.41) is 7.84. The second kappa shape index (κ2) is 9.15. The van der Waals surface area contributed by atoms with Crippen molar-refractivity contribution in [3.05, 3.63) is 64.2 Å². The molecule has 0 atom stereocenters. The van der Waals surface area contributed by atoms with E-state index in [1.54, 1.807) is 49.5 Å². The predicted molar refractivity (Wildman–Crippen MR) is 116 cm³/mol. The molecule has 10 heteroatoms. The minimum atomic E-state index is -0.494. The zero-order valence-electron chi connectivity index (χ0n) is 16.5.